The Bertz CT molecular complexity index is 922. The van der Waals surface area contributed by atoms with Crippen LogP contribution >= 0.6 is 11.3 Å². The molecule has 3 rings (SSSR count). The van der Waals surface area contributed by atoms with Crippen LogP contribution in [0.2, 0.25) is 0 Å². The van der Waals surface area contributed by atoms with Gasteiger partial charge < -0.3 is 19.5 Å². The maximum absolute atomic E-state index is 12.3. The van der Waals surface area contributed by atoms with Crippen molar-refractivity contribution >= 4 is 28.5 Å². The molecule has 2 aromatic rings. The number of para-hydroxylation sites is 2. The summed E-state index contributed by atoms with van der Waals surface area (Å²) >= 11 is 1.43. The van der Waals surface area contributed by atoms with Crippen LogP contribution in [0.5, 0.6) is 11.5 Å². The Labute approximate surface area is 186 Å². The minimum absolute atomic E-state index is 0.00949. The molecule has 1 aromatic heterocycles. The molecule has 0 saturated carbocycles. The average Bonchev–Trinajstić information content (AvgIpc) is 3.07. The van der Waals surface area contributed by atoms with E-state index in [9.17, 15) is 9.59 Å². The Hall–Kier alpha value is -2.81. The SMILES string of the molecule is CCOc1ccccc1OCC(=O)Nc1nc2c(s1)C[C@@H](NC(=O)OC(C)(C)C)CC2. The standard InChI is InChI=1S/C22H29N3O5S/c1-5-28-16-8-6-7-9-17(16)29-13-19(26)25-20-24-15-11-10-14(12-18(15)31-20)23-21(27)30-22(2,3)4/h6-9,14H,5,10-13H2,1-4H3,(H,23,27)(H,24,25,26)/t14-/m0/s1. The number of rotatable bonds is 7. The molecule has 1 aliphatic rings. The van der Waals surface area contributed by atoms with E-state index in [4.69, 9.17) is 14.2 Å². The molecule has 1 heterocycles. The summed E-state index contributed by atoms with van der Waals surface area (Å²) in [6, 6.07) is 7.23. The van der Waals surface area contributed by atoms with Crippen molar-refractivity contribution in [1.82, 2.24) is 10.3 Å². The van der Waals surface area contributed by atoms with Gasteiger partial charge >= 0.3 is 6.09 Å². The summed E-state index contributed by atoms with van der Waals surface area (Å²) < 4.78 is 16.4. The maximum Gasteiger partial charge on any atom is 0.407 e. The zero-order chi connectivity index (χ0) is 22.4. The van der Waals surface area contributed by atoms with Gasteiger partial charge in [0, 0.05) is 17.3 Å². The van der Waals surface area contributed by atoms with Crippen LogP contribution < -0.4 is 20.1 Å². The second-order valence-corrected chi connectivity index (χ2v) is 9.28. The van der Waals surface area contributed by atoms with Crippen LogP contribution in [0.3, 0.4) is 0 Å². The molecule has 1 aliphatic carbocycles. The molecule has 0 saturated heterocycles. The minimum Gasteiger partial charge on any atom is -0.490 e. The van der Waals surface area contributed by atoms with Crippen molar-refractivity contribution in [1.29, 1.82) is 0 Å². The first-order chi connectivity index (χ1) is 14.7. The fraction of sp³-hybridized carbons (Fsp3) is 0.500. The molecule has 0 unspecified atom stereocenters. The van der Waals surface area contributed by atoms with Gasteiger partial charge in [-0.1, -0.05) is 12.1 Å². The van der Waals surface area contributed by atoms with Crippen molar-refractivity contribution in [2.45, 2.75) is 58.6 Å². The molecular formula is C22H29N3O5S. The zero-order valence-electron chi connectivity index (χ0n) is 18.3. The van der Waals surface area contributed by atoms with Gasteiger partial charge in [0.2, 0.25) is 0 Å². The largest absolute Gasteiger partial charge is 0.490 e. The lowest BCUT2D eigenvalue weighted by atomic mass is 9.98. The number of aryl methyl sites for hydroxylation is 1. The fourth-order valence-electron chi connectivity index (χ4n) is 3.17. The lowest BCUT2D eigenvalue weighted by Crippen LogP contribution is -2.41. The van der Waals surface area contributed by atoms with E-state index in [1.807, 2.05) is 39.8 Å². The first-order valence-corrected chi connectivity index (χ1v) is 11.2. The van der Waals surface area contributed by atoms with E-state index >= 15 is 0 Å². The number of carbonyl (C=O) groups is 2. The molecular weight excluding hydrogens is 418 g/mol. The molecule has 8 nitrogen and oxygen atoms in total. The number of aromatic nitrogens is 1. The molecule has 0 aliphatic heterocycles. The lowest BCUT2D eigenvalue weighted by Gasteiger charge is -2.25. The smallest absolute Gasteiger partial charge is 0.407 e. The summed E-state index contributed by atoms with van der Waals surface area (Å²) in [5.74, 6) is 0.834. The minimum atomic E-state index is -0.531. The number of thiazole rings is 1. The molecule has 1 atom stereocenters. The lowest BCUT2D eigenvalue weighted by molar-refractivity contribution is -0.118. The number of hydrogen-bond acceptors (Lipinski definition) is 7. The molecule has 168 valence electrons. The van der Waals surface area contributed by atoms with Gasteiger partial charge in [-0.05, 0) is 52.7 Å². The number of anilines is 1. The van der Waals surface area contributed by atoms with Gasteiger partial charge in [0.1, 0.15) is 5.60 Å². The predicted octanol–water partition coefficient (Wildman–Crippen LogP) is 3.94. The summed E-state index contributed by atoms with van der Waals surface area (Å²) in [4.78, 5) is 29.9. The Morgan fingerprint density at radius 1 is 1.19 bits per heavy atom. The molecule has 0 spiro atoms. The van der Waals surface area contributed by atoms with Crippen molar-refractivity contribution in [3.63, 3.8) is 0 Å². The number of nitrogens with one attached hydrogen (secondary N) is 2. The number of hydrogen-bond donors (Lipinski definition) is 2. The van der Waals surface area contributed by atoms with Crippen molar-refractivity contribution in [2.24, 2.45) is 0 Å². The number of carbonyl (C=O) groups excluding carboxylic acids is 2. The molecule has 0 fully saturated rings. The molecule has 31 heavy (non-hydrogen) atoms. The number of alkyl carbamates (subject to hydrolysis) is 1. The highest BCUT2D eigenvalue weighted by atomic mass is 32.1. The van der Waals surface area contributed by atoms with Crippen LogP contribution in [-0.4, -0.2) is 41.8 Å². The number of nitrogens with zero attached hydrogens (tertiary/aromatic N) is 1. The van der Waals surface area contributed by atoms with Crippen molar-refractivity contribution < 1.29 is 23.8 Å². The topological polar surface area (TPSA) is 98.8 Å². The predicted molar refractivity (Wildman–Crippen MR) is 119 cm³/mol. The number of amides is 2. The summed E-state index contributed by atoms with van der Waals surface area (Å²) in [5.41, 5.74) is 0.432. The van der Waals surface area contributed by atoms with Crippen LogP contribution in [0.4, 0.5) is 9.93 Å². The molecule has 2 amide bonds. The summed E-state index contributed by atoms with van der Waals surface area (Å²) in [5, 5.41) is 6.25. The Morgan fingerprint density at radius 2 is 1.90 bits per heavy atom. The number of benzene rings is 1. The van der Waals surface area contributed by atoms with E-state index in [1.54, 1.807) is 12.1 Å². The van der Waals surface area contributed by atoms with Gasteiger partial charge in [-0.15, -0.1) is 11.3 Å². The third-order valence-electron chi connectivity index (χ3n) is 4.41. The van der Waals surface area contributed by atoms with E-state index in [1.165, 1.54) is 11.3 Å². The Kier molecular flexibility index (Phi) is 7.37. The maximum atomic E-state index is 12.3. The first-order valence-electron chi connectivity index (χ1n) is 10.4. The number of fused-ring (bicyclic) bond motifs is 1. The van der Waals surface area contributed by atoms with Crippen molar-refractivity contribution in [2.75, 3.05) is 18.5 Å². The highest BCUT2D eigenvalue weighted by Gasteiger charge is 2.26. The fourth-order valence-corrected chi connectivity index (χ4v) is 4.27. The third kappa shape index (κ3) is 6.85. The normalized spacial score (nSPS) is 15.5. The van der Waals surface area contributed by atoms with Crippen LogP contribution in [0, 0.1) is 0 Å². The van der Waals surface area contributed by atoms with Gasteiger partial charge in [0.25, 0.3) is 5.91 Å². The summed E-state index contributed by atoms with van der Waals surface area (Å²) in [7, 11) is 0. The second kappa shape index (κ2) is 10.00. The highest BCUT2D eigenvalue weighted by Crippen LogP contribution is 2.30. The summed E-state index contributed by atoms with van der Waals surface area (Å²) in [6.45, 7) is 7.77. The van der Waals surface area contributed by atoms with Crippen LogP contribution in [0.1, 0.15) is 44.7 Å². The molecule has 0 bridgehead atoms. The second-order valence-electron chi connectivity index (χ2n) is 8.19. The van der Waals surface area contributed by atoms with Crippen molar-refractivity contribution in [3.8, 4) is 11.5 Å². The highest BCUT2D eigenvalue weighted by molar-refractivity contribution is 7.15. The zero-order valence-corrected chi connectivity index (χ0v) is 19.1. The molecule has 1 aromatic carbocycles. The molecule has 2 N–H and O–H groups in total. The monoisotopic (exact) mass is 447 g/mol. The van der Waals surface area contributed by atoms with Crippen LogP contribution in [0.25, 0.3) is 0 Å². The van der Waals surface area contributed by atoms with E-state index in [2.05, 4.69) is 15.6 Å². The van der Waals surface area contributed by atoms with Crippen LogP contribution in [0.15, 0.2) is 24.3 Å². The van der Waals surface area contributed by atoms with Crippen LogP contribution in [-0.2, 0) is 22.4 Å². The van der Waals surface area contributed by atoms with Gasteiger partial charge in [0.15, 0.2) is 23.2 Å². The quantitative estimate of drug-likeness (QED) is 0.667. The summed E-state index contributed by atoms with van der Waals surface area (Å²) in [6.07, 6.45) is 1.77. The van der Waals surface area contributed by atoms with E-state index < -0.39 is 11.7 Å². The first kappa shape index (κ1) is 22.9. The van der Waals surface area contributed by atoms with Gasteiger partial charge in [0.05, 0.1) is 12.3 Å². The van der Waals surface area contributed by atoms with Gasteiger partial charge in [-0.2, -0.15) is 0 Å². The van der Waals surface area contributed by atoms with E-state index in [0.717, 1.165) is 23.4 Å². The molecule has 9 heteroatoms. The average molecular weight is 448 g/mol. The van der Waals surface area contributed by atoms with Gasteiger partial charge in [-0.3, -0.25) is 10.1 Å². The van der Waals surface area contributed by atoms with E-state index in [-0.39, 0.29) is 18.6 Å². The third-order valence-corrected chi connectivity index (χ3v) is 5.45. The van der Waals surface area contributed by atoms with E-state index in [0.29, 0.717) is 29.7 Å². The number of ether oxygens (including phenoxy) is 3. The Morgan fingerprint density at radius 3 is 2.58 bits per heavy atom. The van der Waals surface area contributed by atoms with Crippen molar-refractivity contribution in [3.05, 3.63) is 34.8 Å². The Balaban J connectivity index is 1.52. The van der Waals surface area contributed by atoms with Gasteiger partial charge in [-0.25, -0.2) is 9.78 Å². The molecule has 0 radical (unpaired) electrons.